The molecule has 28 heavy (non-hydrogen) atoms. The summed E-state index contributed by atoms with van der Waals surface area (Å²) in [7, 11) is 0. The van der Waals surface area contributed by atoms with Gasteiger partial charge in [-0.25, -0.2) is 4.79 Å². The third-order valence-corrected chi connectivity index (χ3v) is 4.05. The van der Waals surface area contributed by atoms with Gasteiger partial charge in [0.05, 0.1) is 9.95 Å². The fraction of sp³-hybridized carbons (Fsp3) is 0.222. The average Bonchev–Trinajstić information content (AvgIpc) is 2.63. The topological polar surface area (TPSA) is 108 Å². The molecular weight excluding hydrogens is 411 g/mol. The van der Waals surface area contributed by atoms with Crippen LogP contribution < -0.4 is 10.1 Å². The summed E-state index contributed by atoms with van der Waals surface area (Å²) < 4.78 is 10.5. The van der Waals surface area contributed by atoms with E-state index in [0.717, 1.165) is 0 Å². The van der Waals surface area contributed by atoms with Crippen molar-refractivity contribution in [1.29, 1.82) is 0 Å². The van der Waals surface area contributed by atoms with Crippen molar-refractivity contribution >= 4 is 46.5 Å². The molecular formula is C18H16Cl2N2O6. The van der Waals surface area contributed by atoms with Crippen LogP contribution in [-0.2, 0) is 14.3 Å². The van der Waals surface area contributed by atoms with E-state index in [-0.39, 0.29) is 22.1 Å². The Morgan fingerprint density at radius 3 is 2.46 bits per heavy atom. The number of nitrogens with zero attached hydrogens (tertiary/aromatic N) is 1. The summed E-state index contributed by atoms with van der Waals surface area (Å²) in [6.07, 6.45) is -2.19. The van der Waals surface area contributed by atoms with Crippen LogP contribution in [0.25, 0.3) is 0 Å². The van der Waals surface area contributed by atoms with Crippen LogP contribution in [0.5, 0.6) is 5.75 Å². The van der Waals surface area contributed by atoms with Gasteiger partial charge in [0.1, 0.15) is 5.75 Å². The first-order valence-corrected chi connectivity index (χ1v) is 8.80. The van der Waals surface area contributed by atoms with Gasteiger partial charge in [-0.2, -0.15) is 0 Å². The standard InChI is InChI=1S/C18H16Cl2N2O6/c1-10(17(23)21-13-4-3-5-14(9-13)22(25)26)28-18(24)11(2)27-16-7-6-12(19)8-15(16)20/h3-11H,1-2H3,(H,21,23). The monoisotopic (exact) mass is 426 g/mol. The number of hydrogen-bond acceptors (Lipinski definition) is 6. The van der Waals surface area contributed by atoms with Crippen molar-refractivity contribution in [3.63, 3.8) is 0 Å². The number of benzene rings is 2. The molecule has 1 amide bonds. The second-order valence-corrected chi connectivity index (χ2v) is 6.55. The zero-order valence-electron chi connectivity index (χ0n) is 14.8. The van der Waals surface area contributed by atoms with E-state index in [1.165, 1.54) is 50.2 Å². The van der Waals surface area contributed by atoms with E-state index in [1.807, 2.05) is 0 Å². The molecule has 0 fully saturated rings. The minimum Gasteiger partial charge on any atom is -0.477 e. The van der Waals surface area contributed by atoms with Crippen LogP contribution in [0.15, 0.2) is 42.5 Å². The first-order chi connectivity index (χ1) is 13.2. The number of rotatable bonds is 7. The van der Waals surface area contributed by atoms with Crippen LogP contribution in [0.2, 0.25) is 10.0 Å². The third kappa shape index (κ3) is 5.83. The average molecular weight is 427 g/mol. The molecule has 0 aromatic heterocycles. The molecule has 8 nitrogen and oxygen atoms in total. The lowest BCUT2D eigenvalue weighted by Gasteiger charge is -2.18. The van der Waals surface area contributed by atoms with Gasteiger partial charge in [-0.3, -0.25) is 14.9 Å². The fourth-order valence-corrected chi connectivity index (χ4v) is 2.53. The molecule has 2 aromatic rings. The normalized spacial score (nSPS) is 12.6. The maximum Gasteiger partial charge on any atom is 0.347 e. The van der Waals surface area contributed by atoms with Gasteiger partial charge in [0.2, 0.25) is 0 Å². The lowest BCUT2D eigenvalue weighted by atomic mass is 10.2. The molecule has 0 saturated carbocycles. The smallest absolute Gasteiger partial charge is 0.347 e. The molecule has 0 aliphatic heterocycles. The summed E-state index contributed by atoms with van der Waals surface area (Å²) in [5.74, 6) is -1.19. The van der Waals surface area contributed by atoms with Crippen molar-refractivity contribution in [3.8, 4) is 5.75 Å². The van der Waals surface area contributed by atoms with E-state index in [0.29, 0.717) is 5.02 Å². The molecule has 2 aromatic carbocycles. The van der Waals surface area contributed by atoms with Crippen molar-refractivity contribution < 1.29 is 24.0 Å². The van der Waals surface area contributed by atoms with Gasteiger partial charge < -0.3 is 14.8 Å². The second-order valence-electron chi connectivity index (χ2n) is 5.71. The summed E-state index contributed by atoms with van der Waals surface area (Å²) in [5.41, 5.74) is 0.0312. The first-order valence-electron chi connectivity index (χ1n) is 8.05. The Morgan fingerprint density at radius 2 is 1.82 bits per heavy atom. The van der Waals surface area contributed by atoms with Gasteiger partial charge in [0, 0.05) is 22.8 Å². The number of ether oxygens (including phenoxy) is 2. The molecule has 2 atom stereocenters. The summed E-state index contributed by atoms with van der Waals surface area (Å²) in [6, 6.07) is 9.92. The summed E-state index contributed by atoms with van der Waals surface area (Å²) >= 11 is 11.8. The van der Waals surface area contributed by atoms with Crippen LogP contribution in [0.3, 0.4) is 0 Å². The van der Waals surface area contributed by atoms with Crippen molar-refractivity contribution in [2.75, 3.05) is 5.32 Å². The van der Waals surface area contributed by atoms with Gasteiger partial charge >= 0.3 is 5.97 Å². The molecule has 148 valence electrons. The number of non-ortho nitro benzene ring substituents is 1. The summed E-state index contributed by atoms with van der Waals surface area (Å²) in [4.78, 5) is 34.5. The van der Waals surface area contributed by atoms with Crippen molar-refractivity contribution in [2.24, 2.45) is 0 Å². The van der Waals surface area contributed by atoms with E-state index in [9.17, 15) is 19.7 Å². The van der Waals surface area contributed by atoms with E-state index >= 15 is 0 Å². The maximum absolute atomic E-state index is 12.2. The van der Waals surface area contributed by atoms with Crippen LogP contribution >= 0.6 is 23.2 Å². The van der Waals surface area contributed by atoms with Gasteiger partial charge in [0.15, 0.2) is 12.2 Å². The number of nitro groups is 1. The number of carbonyl (C=O) groups excluding carboxylic acids is 2. The minimum absolute atomic E-state index is 0.177. The van der Waals surface area contributed by atoms with Crippen LogP contribution in [-0.4, -0.2) is 29.0 Å². The lowest BCUT2D eigenvalue weighted by Crippen LogP contribution is -2.35. The number of amides is 1. The van der Waals surface area contributed by atoms with Crippen molar-refractivity contribution in [3.05, 3.63) is 62.6 Å². The SMILES string of the molecule is CC(OC(=O)C(C)Oc1ccc(Cl)cc1Cl)C(=O)Nc1cccc([N+](=O)[O-])c1. The predicted octanol–water partition coefficient (Wildman–Crippen LogP) is 4.24. The fourth-order valence-electron chi connectivity index (χ4n) is 2.07. The molecule has 0 saturated heterocycles. The highest BCUT2D eigenvalue weighted by atomic mass is 35.5. The van der Waals surface area contributed by atoms with Crippen LogP contribution in [0.1, 0.15) is 13.8 Å². The molecule has 0 radical (unpaired) electrons. The molecule has 0 heterocycles. The molecule has 10 heteroatoms. The van der Waals surface area contributed by atoms with Crippen LogP contribution in [0, 0.1) is 10.1 Å². The van der Waals surface area contributed by atoms with Crippen molar-refractivity contribution in [2.45, 2.75) is 26.1 Å². The van der Waals surface area contributed by atoms with E-state index < -0.39 is 29.0 Å². The number of esters is 1. The van der Waals surface area contributed by atoms with Crippen LogP contribution in [0.4, 0.5) is 11.4 Å². The molecule has 2 unspecified atom stereocenters. The number of carbonyl (C=O) groups is 2. The quantitative estimate of drug-likeness (QED) is 0.402. The number of nitrogens with one attached hydrogen (secondary N) is 1. The molecule has 1 N–H and O–H groups in total. The maximum atomic E-state index is 12.2. The Kier molecular flexibility index (Phi) is 7.19. The number of nitro benzene ring substituents is 1. The van der Waals surface area contributed by atoms with E-state index in [4.69, 9.17) is 32.7 Å². The van der Waals surface area contributed by atoms with Gasteiger partial charge in [-0.05, 0) is 38.1 Å². The Morgan fingerprint density at radius 1 is 1.11 bits per heavy atom. The highest BCUT2D eigenvalue weighted by Crippen LogP contribution is 2.28. The first kappa shape index (κ1) is 21.5. The van der Waals surface area contributed by atoms with Crippen molar-refractivity contribution in [1.82, 2.24) is 0 Å². The summed E-state index contributed by atoms with van der Waals surface area (Å²) in [6.45, 7) is 2.81. The number of anilines is 1. The zero-order valence-corrected chi connectivity index (χ0v) is 16.4. The van der Waals surface area contributed by atoms with Gasteiger partial charge in [0.25, 0.3) is 11.6 Å². The molecule has 0 bridgehead atoms. The Hall–Kier alpha value is -2.84. The summed E-state index contributed by atoms with van der Waals surface area (Å²) in [5, 5.41) is 13.9. The Balaban J connectivity index is 1.94. The van der Waals surface area contributed by atoms with Gasteiger partial charge in [-0.15, -0.1) is 0 Å². The number of halogens is 2. The molecule has 2 rings (SSSR count). The van der Waals surface area contributed by atoms with E-state index in [1.54, 1.807) is 6.07 Å². The Labute approximate surface area is 170 Å². The van der Waals surface area contributed by atoms with E-state index in [2.05, 4.69) is 5.32 Å². The zero-order chi connectivity index (χ0) is 20.8. The Bertz CT molecular complexity index is 905. The largest absolute Gasteiger partial charge is 0.477 e. The highest BCUT2D eigenvalue weighted by molar-refractivity contribution is 6.35. The number of hydrogen-bond donors (Lipinski definition) is 1. The lowest BCUT2D eigenvalue weighted by molar-refractivity contribution is -0.384. The minimum atomic E-state index is -1.15. The molecule has 0 aliphatic rings. The second kappa shape index (κ2) is 9.38. The predicted molar refractivity (Wildman–Crippen MR) is 104 cm³/mol. The molecule has 0 spiro atoms. The third-order valence-electron chi connectivity index (χ3n) is 3.52. The molecule has 0 aliphatic carbocycles. The highest BCUT2D eigenvalue weighted by Gasteiger charge is 2.24. The van der Waals surface area contributed by atoms with Gasteiger partial charge in [-0.1, -0.05) is 29.3 Å².